The average molecular weight is 373 g/mol. The summed E-state index contributed by atoms with van der Waals surface area (Å²) < 4.78 is 5.21. The molecule has 1 saturated heterocycles. The summed E-state index contributed by atoms with van der Waals surface area (Å²) in [7, 11) is 1.70. The van der Waals surface area contributed by atoms with Gasteiger partial charge in [-0.2, -0.15) is 0 Å². The van der Waals surface area contributed by atoms with E-state index in [1.165, 1.54) is 44.2 Å². The van der Waals surface area contributed by atoms with Gasteiger partial charge in [-0.05, 0) is 42.9 Å². The van der Waals surface area contributed by atoms with Crippen LogP contribution in [0.4, 0.5) is 0 Å². The Morgan fingerprint density at radius 2 is 1.89 bits per heavy atom. The molecule has 1 aromatic carbocycles. The highest BCUT2D eigenvalue weighted by atomic mass is 16.5. The smallest absolute Gasteiger partial charge is 0.118 e. The number of hydrogen-bond acceptors (Lipinski definition) is 4. The van der Waals surface area contributed by atoms with Crippen LogP contribution in [0, 0.1) is 5.92 Å². The van der Waals surface area contributed by atoms with Crippen molar-refractivity contribution in [2.75, 3.05) is 46.4 Å². The molecule has 0 bridgehead atoms. The Morgan fingerprint density at radius 1 is 1.11 bits per heavy atom. The van der Waals surface area contributed by atoms with Gasteiger partial charge >= 0.3 is 0 Å². The highest BCUT2D eigenvalue weighted by Gasteiger charge is 2.28. The van der Waals surface area contributed by atoms with Crippen LogP contribution < -0.4 is 4.74 Å². The number of ether oxygens (including phenoxy) is 1. The van der Waals surface area contributed by atoms with Gasteiger partial charge in [0.25, 0.3) is 0 Å². The molecule has 2 aliphatic rings. The van der Waals surface area contributed by atoms with E-state index in [2.05, 4.69) is 34.1 Å². The van der Waals surface area contributed by atoms with Gasteiger partial charge in [0.2, 0.25) is 0 Å². The zero-order chi connectivity index (χ0) is 18.9. The van der Waals surface area contributed by atoms with Gasteiger partial charge in [-0.1, -0.05) is 43.5 Å². The van der Waals surface area contributed by atoms with E-state index in [0.29, 0.717) is 12.6 Å². The summed E-state index contributed by atoms with van der Waals surface area (Å²) in [5, 5.41) is 9.53. The van der Waals surface area contributed by atoms with Crippen LogP contribution in [0.2, 0.25) is 0 Å². The molecule has 0 aromatic heterocycles. The maximum absolute atomic E-state index is 9.53. The quantitative estimate of drug-likeness (QED) is 0.755. The molecule has 1 saturated carbocycles. The van der Waals surface area contributed by atoms with Crippen LogP contribution in [0.25, 0.3) is 6.08 Å². The molecule has 3 rings (SSSR count). The van der Waals surface area contributed by atoms with Crippen molar-refractivity contribution in [3.63, 3.8) is 0 Å². The van der Waals surface area contributed by atoms with Crippen LogP contribution in [0.5, 0.6) is 5.75 Å². The molecule has 27 heavy (non-hydrogen) atoms. The van der Waals surface area contributed by atoms with Crippen molar-refractivity contribution in [1.82, 2.24) is 9.80 Å². The number of piperazine rings is 1. The largest absolute Gasteiger partial charge is 0.497 e. The summed E-state index contributed by atoms with van der Waals surface area (Å²) in [6.07, 6.45) is 12.4. The third kappa shape index (κ3) is 6.34. The van der Waals surface area contributed by atoms with Crippen molar-refractivity contribution in [2.24, 2.45) is 5.92 Å². The zero-order valence-electron chi connectivity index (χ0n) is 16.9. The summed E-state index contributed by atoms with van der Waals surface area (Å²) >= 11 is 0. The molecule has 1 N–H and O–H groups in total. The van der Waals surface area contributed by atoms with Gasteiger partial charge in [0.1, 0.15) is 5.75 Å². The van der Waals surface area contributed by atoms with Gasteiger partial charge in [-0.15, -0.1) is 0 Å². The first-order valence-electron chi connectivity index (χ1n) is 10.7. The summed E-state index contributed by atoms with van der Waals surface area (Å²) in [5.41, 5.74) is 1.21. The van der Waals surface area contributed by atoms with Crippen LogP contribution >= 0.6 is 0 Å². The molecule has 1 unspecified atom stereocenters. The number of aliphatic hydroxyl groups is 1. The topological polar surface area (TPSA) is 35.9 Å². The Hall–Kier alpha value is -1.36. The Bertz CT molecular complexity index is 566. The maximum atomic E-state index is 9.53. The van der Waals surface area contributed by atoms with Crippen molar-refractivity contribution >= 4 is 6.08 Å². The fourth-order valence-corrected chi connectivity index (χ4v) is 4.54. The molecule has 4 heteroatoms. The lowest BCUT2D eigenvalue weighted by Gasteiger charge is -2.43. The number of hydrogen-bond donors (Lipinski definition) is 1. The standard InChI is InChI=1S/C23H36N2O2/c1-27-23-11-9-20(10-12-23)8-5-14-24-15-16-25(22(19-24)13-17-26)18-21-6-3-2-4-7-21/h5,8-12,21-22,26H,2-4,6-7,13-19H2,1H3/b8-5+. The number of aliphatic hydroxyl groups excluding tert-OH is 1. The molecule has 0 spiro atoms. The molecular weight excluding hydrogens is 336 g/mol. The van der Waals surface area contributed by atoms with E-state index >= 15 is 0 Å². The van der Waals surface area contributed by atoms with Crippen LogP contribution in [0.15, 0.2) is 30.3 Å². The highest BCUT2D eigenvalue weighted by molar-refractivity contribution is 5.50. The minimum absolute atomic E-state index is 0.293. The first-order chi connectivity index (χ1) is 13.3. The molecular formula is C23H36N2O2. The third-order valence-corrected chi connectivity index (χ3v) is 6.16. The van der Waals surface area contributed by atoms with Crippen molar-refractivity contribution in [3.05, 3.63) is 35.9 Å². The minimum Gasteiger partial charge on any atom is -0.497 e. The molecule has 0 radical (unpaired) electrons. The summed E-state index contributed by atoms with van der Waals surface area (Å²) in [5.74, 6) is 1.77. The van der Waals surface area contributed by atoms with Crippen molar-refractivity contribution in [3.8, 4) is 5.75 Å². The fraction of sp³-hybridized carbons (Fsp3) is 0.652. The molecule has 1 heterocycles. The minimum atomic E-state index is 0.293. The van der Waals surface area contributed by atoms with Crippen LogP contribution in [-0.2, 0) is 0 Å². The molecule has 1 aromatic rings. The molecule has 1 aliphatic carbocycles. The normalized spacial score (nSPS) is 23.1. The van der Waals surface area contributed by atoms with Crippen molar-refractivity contribution in [2.45, 2.75) is 44.6 Å². The second-order valence-electron chi connectivity index (χ2n) is 8.10. The molecule has 150 valence electrons. The third-order valence-electron chi connectivity index (χ3n) is 6.16. The van der Waals surface area contributed by atoms with E-state index < -0.39 is 0 Å². The van der Waals surface area contributed by atoms with Gasteiger partial charge in [-0.3, -0.25) is 9.80 Å². The van der Waals surface area contributed by atoms with Gasteiger partial charge in [0, 0.05) is 45.4 Å². The van der Waals surface area contributed by atoms with E-state index in [1.54, 1.807) is 7.11 Å². The second-order valence-corrected chi connectivity index (χ2v) is 8.10. The van der Waals surface area contributed by atoms with E-state index in [4.69, 9.17) is 4.74 Å². The lowest BCUT2D eigenvalue weighted by Crippen LogP contribution is -2.54. The molecule has 2 fully saturated rings. The molecule has 4 nitrogen and oxygen atoms in total. The number of rotatable bonds is 8. The van der Waals surface area contributed by atoms with Gasteiger partial charge < -0.3 is 9.84 Å². The van der Waals surface area contributed by atoms with E-state index in [0.717, 1.165) is 44.3 Å². The summed E-state index contributed by atoms with van der Waals surface area (Å²) in [6.45, 7) is 5.84. The first-order valence-corrected chi connectivity index (χ1v) is 10.7. The maximum Gasteiger partial charge on any atom is 0.118 e. The van der Waals surface area contributed by atoms with Crippen molar-refractivity contribution in [1.29, 1.82) is 0 Å². The lowest BCUT2D eigenvalue weighted by atomic mass is 9.88. The van der Waals surface area contributed by atoms with E-state index in [1.807, 2.05) is 12.1 Å². The summed E-state index contributed by atoms with van der Waals surface area (Å²) in [6, 6.07) is 8.68. The Morgan fingerprint density at radius 3 is 2.59 bits per heavy atom. The van der Waals surface area contributed by atoms with Crippen LogP contribution in [-0.4, -0.2) is 67.4 Å². The zero-order valence-corrected chi connectivity index (χ0v) is 16.9. The van der Waals surface area contributed by atoms with Gasteiger partial charge in [-0.25, -0.2) is 0 Å². The molecule has 0 amide bonds. The monoisotopic (exact) mass is 372 g/mol. The predicted octanol–water partition coefficient (Wildman–Crippen LogP) is 3.66. The number of methoxy groups -OCH3 is 1. The Kier molecular flexibility index (Phi) is 8.18. The van der Waals surface area contributed by atoms with Crippen LogP contribution in [0.1, 0.15) is 44.1 Å². The SMILES string of the molecule is COc1ccc(/C=C/CN2CCN(CC3CCCCC3)C(CCO)C2)cc1. The lowest BCUT2D eigenvalue weighted by molar-refractivity contribution is 0.0485. The predicted molar refractivity (Wildman–Crippen MR) is 112 cm³/mol. The first kappa shape index (κ1) is 20.4. The molecule has 1 aliphatic heterocycles. The Balaban J connectivity index is 1.48. The Labute approximate surface area is 164 Å². The van der Waals surface area contributed by atoms with E-state index in [9.17, 15) is 5.11 Å². The van der Waals surface area contributed by atoms with Gasteiger partial charge in [0.15, 0.2) is 0 Å². The summed E-state index contributed by atoms with van der Waals surface area (Å²) in [4.78, 5) is 5.19. The van der Waals surface area contributed by atoms with E-state index in [-0.39, 0.29) is 0 Å². The number of benzene rings is 1. The second kappa shape index (κ2) is 10.8. The fourth-order valence-electron chi connectivity index (χ4n) is 4.54. The van der Waals surface area contributed by atoms with Crippen molar-refractivity contribution < 1.29 is 9.84 Å². The average Bonchev–Trinajstić information content (AvgIpc) is 2.71. The molecule has 1 atom stereocenters. The number of nitrogens with zero attached hydrogens (tertiary/aromatic N) is 2. The highest BCUT2D eigenvalue weighted by Crippen LogP contribution is 2.26. The van der Waals surface area contributed by atoms with Crippen LogP contribution in [0.3, 0.4) is 0 Å². The van der Waals surface area contributed by atoms with Gasteiger partial charge in [0.05, 0.1) is 7.11 Å².